The average Bonchev–Trinajstić information content (AvgIpc) is 2.62. The van der Waals surface area contributed by atoms with Gasteiger partial charge in [-0.2, -0.15) is 0 Å². The molecule has 1 nitrogen and oxygen atoms in total. The van der Waals surface area contributed by atoms with Gasteiger partial charge in [0, 0.05) is 11.4 Å². The summed E-state index contributed by atoms with van der Waals surface area (Å²) in [6.07, 6.45) is 3.69. The average molecular weight is 301 g/mol. The molecule has 0 radical (unpaired) electrons. The van der Waals surface area contributed by atoms with E-state index in [4.69, 9.17) is 0 Å². The molecule has 0 saturated carbocycles. The smallest absolute Gasteiger partial charge is 0.0384 e. The summed E-state index contributed by atoms with van der Waals surface area (Å²) in [5.74, 6) is 0. The molecular formula is C22H23N. The number of unbranched alkanes of at least 4 members (excludes halogenated alkanes) is 1. The molecule has 0 aliphatic rings. The first-order valence-corrected chi connectivity index (χ1v) is 8.36. The number of benzene rings is 3. The Morgan fingerprint density at radius 1 is 0.652 bits per heavy atom. The summed E-state index contributed by atoms with van der Waals surface area (Å²) in [5, 5.41) is 3.41. The van der Waals surface area contributed by atoms with Crippen LogP contribution in [0.15, 0.2) is 78.9 Å². The van der Waals surface area contributed by atoms with E-state index in [9.17, 15) is 0 Å². The van der Waals surface area contributed by atoms with Crippen molar-refractivity contribution < 1.29 is 0 Å². The van der Waals surface area contributed by atoms with Crippen LogP contribution < -0.4 is 5.32 Å². The molecular weight excluding hydrogens is 278 g/mol. The number of rotatable bonds is 6. The molecule has 0 bridgehead atoms. The Bertz CT molecular complexity index is 712. The Hall–Kier alpha value is -2.54. The molecule has 0 spiro atoms. The maximum atomic E-state index is 3.41. The van der Waals surface area contributed by atoms with Crippen LogP contribution in [0.4, 0.5) is 11.4 Å². The Labute approximate surface area is 139 Å². The zero-order valence-electron chi connectivity index (χ0n) is 13.6. The van der Waals surface area contributed by atoms with E-state index in [1.165, 1.54) is 36.0 Å². The van der Waals surface area contributed by atoms with Gasteiger partial charge in [0.2, 0.25) is 0 Å². The van der Waals surface area contributed by atoms with Crippen molar-refractivity contribution in [2.24, 2.45) is 0 Å². The maximum absolute atomic E-state index is 3.41. The topological polar surface area (TPSA) is 12.0 Å². The lowest BCUT2D eigenvalue weighted by molar-refractivity contribution is 0.795. The summed E-state index contributed by atoms with van der Waals surface area (Å²) >= 11 is 0. The van der Waals surface area contributed by atoms with E-state index in [1.54, 1.807) is 0 Å². The van der Waals surface area contributed by atoms with E-state index in [2.05, 4.69) is 72.9 Å². The first-order valence-electron chi connectivity index (χ1n) is 8.36. The van der Waals surface area contributed by atoms with E-state index in [-0.39, 0.29) is 0 Å². The molecule has 0 saturated heterocycles. The highest BCUT2D eigenvalue weighted by Crippen LogP contribution is 2.24. The zero-order valence-corrected chi connectivity index (χ0v) is 13.6. The minimum Gasteiger partial charge on any atom is -0.356 e. The van der Waals surface area contributed by atoms with Crippen molar-refractivity contribution in [3.05, 3.63) is 84.4 Å². The van der Waals surface area contributed by atoms with Crippen LogP contribution in [-0.4, -0.2) is 0 Å². The van der Waals surface area contributed by atoms with Gasteiger partial charge in [-0.25, -0.2) is 0 Å². The van der Waals surface area contributed by atoms with Gasteiger partial charge < -0.3 is 5.32 Å². The summed E-state index contributed by atoms with van der Waals surface area (Å²) in [7, 11) is 0. The van der Waals surface area contributed by atoms with E-state index in [0.717, 1.165) is 11.4 Å². The minimum absolute atomic E-state index is 1.11. The Balaban J connectivity index is 1.69. The van der Waals surface area contributed by atoms with Gasteiger partial charge in [-0.15, -0.1) is 0 Å². The standard InChI is InChI=1S/C22H23N/c1-2-3-7-18-10-12-19(13-11-18)20-14-16-22(17-15-20)23-21-8-5-4-6-9-21/h4-6,8-17,23H,2-3,7H2,1H3. The van der Waals surface area contributed by atoms with Crippen molar-refractivity contribution in [1.82, 2.24) is 0 Å². The maximum Gasteiger partial charge on any atom is 0.0384 e. The summed E-state index contributed by atoms with van der Waals surface area (Å²) in [4.78, 5) is 0. The molecule has 23 heavy (non-hydrogen) atoms. The summed E-state index contributed by atoms with van der Waals surface area (Å²) in [6, 6.07) is 27.8. The predicted octanol–water partition coefficient (Wildman–Crippen LogP) is 6.44. The third-order valence-corrected chi connectivity index (χ3v) is 4.05. The molecule has 1 N–H and O–H groups in total. The van der Waals surface area contributed by atoms with Gasteiger partial charge in [-0.1, -0.05) is 67.9 Å². The number of aryl methyl sites for hydroxylation is 1. The molecule has 0 unspecified atom stereocenters. The summed E-state index contributed by atoms with van der Waals surface area (Å²) in [5.41, 5.74) is 6.18. The second kappa shape index (κ2) is 7.64. The SMILES string of the molecule is CCCCc1ccc(-c2ccc(Nc3ccccc3)cc2)cc1. The Morgan fingerprint density at radius 3 is 1.83 bits per heavy atom. The highest BCUT2D eigenvalue weighted by molar-refractivity contribution is 5.68. The third-order valence-electron chi connectivity index (χ3n) is 4.05. The van der Waals surface area contributed by atoms with Crippen molar-refractivity contribution in [2.75, 3.05) is 5.32 Å². The molecule has 0 fully saturated rings. The lowest BCUT2D eigenvalue weighted by atomic mass is 10.0. The van der Waals surface area contributed by atoms with Crippen LogP contribution in [0, 0.1) is 0 Å². The van der Waals surface area contributed by atoms with Crippen LogP contribution >= 0.6 is 0 Å². The third kappa shape index (κ3) is 4.23. The van der Waals surface area contributed by atoms with Crippen molar-refractivity contribution >= 4 is 11.4 Å². The lowest BCUT2D eigenvalue weighted by Gasteiger charge is -2.08. The zero-order chi connectivity index (χ0) is 15.9. The van der Waals surface area contributed by atoms with Crippen molar-refractivity contribution in [3.8, 4) is 11.1 Å². The van der Waals surface area contributed by atoms with Gasteiger partial charge in [-0.05, 0) is 53.8 Å². The fourth-order valence-electron chi connectivity index (χ4n) is 2.68. The van der Waals surface area contributed by atoms with E-state index < -0.39 is 0 Å². The predicted molar refractivity (Wildman–Crippen MR) is 100 cm³/mol. The van der Waals surface area contributed by atoms with Crippen molar-refractivity contribution in [3.63, 3.8) is 0 Å². The molecule has 0 aliphatic heterocycles. The molecule has 0 aromatic heterocycles. The fourth-order valence-corrected chi connectivity index (χ4v) is 2.68. The van der Waals surface area contributed by atoms with Crippen LogP contribution in [0.25, 0.3) is 11.1 Å². The van der Waals surface area contributed by atoms with Gasteiger partial charge in [0.25, 0.3) is 0 Å². The largest absolute Gasteiger partial charge is 0.356 e. The minimum atomic E-state index is 1.11. The van der Waals surface area contributed by atoms with E-state index >= 15 is 0 Å². The number of para-hydroxylation sites is 1. The highest BCUT2D eigenvalue weighted by Gasteiger charge is 2.00. The Morgan fingerprint density at radius 2 is 1.22 bits per heavy atom. The molecule has 3 rings (SSSR count). The molecule has 0 aliphatic carbocycles. The van der Waals surface area contributed by atoms with Gasteiger partial charge >= 0.3 is 0 Å². The fraction of sp³-hybridized carbons (Fsp3) is 0.182. The first-order chi connectivity index (χ1) is 11.3. The van der Waals surface area contributed by atoms with Crippen LogP contribution in [0.2, 0.25) is 0 Å². The van der Waals surface area contributed by atoms with Crippen molar-refractivity contribution in [1.29, 1.82) is 0 Å². The van der Waals surface area contributed by atoms with Gasteiger partial charge in [0.05, 0.1) is 0 Å². The first kappa shape index (κ1) is 15.4. The van der Waals surface area contributed by atoms with Gasteiger partial charge in [0.1, 0.15) is 0 Å². The summed E-state index contributed by atoms with van der Waals surface area (Å²) < 4.78 is 0. The second-order valence-electron chi connectivity index (χ2n) is 5.87. The summed E-state index contributed by atoms with van der Waals surface area (Å²) in [6.45, 7) is 2.24. The number of nitrogens with one attached hydrogen (secondary N) is 1. The normalized spacial score (nSPS) is 10.5. The molecule has 1 heteroatoms. The van der Waals surface area contributed by atoms with Crippen LogP contribution in [0.5, 0.6) is 0 Å². The van der Waals surface area contributed by atoms with E-state index in [1.807, 2.05) is 18.2 Å². The highest BCUT2D eigenvalue weighted by atomic mass is 14.9. The number of anilines is 2. The number of hydrogen-bond acceptors (Lipinski definition) is 1. The molecule has 3 aromatic rings. The number of hydrogen-bond donors (Lipinski definition) is 1. The van der Waals surface area contributed by atoms with Crippen LogP contribution in [0.3, 0.4) is 0 Å². The van der Waals surface area contributed by atoms with Crippen LogP contribution in [-0.2, 0) is 6.42 Å². The van der Waals surface area contributed by atoms with Gasteiger partial charge in [0.15, 0.2) is 0 Å². The monoisotopic (exact) mass is 301 g/mol. The quantitative estimate of drug-likeness (QED) is 0.552. The second-order valence-corrected chi connectivity index (χ2v) is 5.87. The Kier molecular flexibility index (Phi) is 5.10. The molecule has 0 amide bonds. The van der Waals surface area contributed by atoms with Crippen molar-refractivity contribution in [2.45, 2.75) is 26.2 Å². The lowest BCUT2D eigenvalue weighted by Crippen LogP contribution is -1.89. The molecule has 116 valence electrons. The molecule has 0 heterocycles. The van der Waals surface area contributed by atoms with Crippen LogP contribution in [0.1, 0.15) is 25.3 Å². The molecule has 0 atom stereocenters. The molecule has 3 aromatic carbocycles. The van der Waals surface area contributed by atoms with Gasteiger partial charge in [-0.3, -0.25) is 0 Å². The van der Waals surface area contributed by atoms with E-state index in [0.29, 0.717) is 0 Å².